The molecule has 0 radical (unpaired) electrons. The fourth-order valence-electron chi connectivity index (χ4n) is 1.76. The molecule has 0 saturated heterocycles. The summed E-state index contributed by atoms with van der Waals surface area (Å²) in [5.41, 5.74) is 10.2. The molecule has 0 atom stereocenters. The molecule has 0 saturated carbocycles. The van der Waals surface area contributed by atoms with E-state index < -0.39 is 0 Å². The molecule has 3 N–H and O–H groups in total. The Morgan fingerprint density at radius 3 is 2.56 bits per heavy atom. The third kappa shape index (κ3) is 1.98. The lowest BCUT2D eigenvalue weighted by Crippen LogP contribution is -2.06. The van der Waals surface area contributed by atoms with E-state index in [4.69, 9.17) is 5.73 Å². The first-order chi connectivity index (χ1) is 7.56. The minimum absolute atomic E-state index is 0.101. The highest BCUT2D eigenvalue weighted by atomic mass is 16.1. The maximum atomic E-state index is 11.4. The number of hydrogen-bond donors (Lipinski definition) is 2. The molecule has 0 bridgehead atoms. The number of aryl methyl sites for hydroxylation is 2. The third-order valence-corrected chi connectivity index (χ3v) is 2.50. The van der Waals surface area contributed by atoms with Gasteiger partial charge in [0, 0.05) is 23.0 Å². The highest BCUT2D eigenvalue weighted by Gasteiger charge is 2.04. The first kappa shape index (κ1) is 10.5. The quantitative estimate of drug-likeness (QED) is 0.715. The molecule has 0 aliphatic carbocycles. The number of nitrogen functional groups attached to an aromatic ring is 1. The molecule has 1 aromatic heterocycles. The Labute approximate surface area is 93.9 Å². The van der Waals surface area contributed by atoms with E-state index in [2.05, 4.69) is 4.98 Å². The van der Waals surface area contributed by atoms with E-state index in [1.54, 1.807) is 6.07 Å². The van der Waals surface area contributed by atoms with E-state index >= 15 is 0 Å². The summed E-state index contributed by atoms with van der Waals surface area (Å²) in [5, 5.41) is 0. The minimum Gasteiger partial charge on any atom is -0.398 e. The van der Waals surface area contributed by atoms with Gasteiger partial charge in [-0.15, -0.1) is 0 Å². The Morgan fingerprint density at radius 1 is 1.12 bits per heavy atom. The Hall–Kier alpha value is -2.03. The van der Waals surface area contributed by atoms with Crippen molar-refractivity contribution in [1.29, 1.82) is 0 Å². The molecule has 16 heavy (non-hydrogen) atoms. The van der Waals surface area contributed by atoms with E-state index in [0.717, 1.165) is 22.4 Å². The number of anilines is 1. The van der Waals surface area contributed by atoms with Gasteiger partial charge in [0.2, 0.25) is 5.56 Å². The molecule has 1 aromatic carbocycles. The lowest BCUT2D eigenvalue weighted by atomic mass is 10.0. The summed E-state index contributed by atoms with van der Waals surface area (Å²) in [6.07, 6.45) is 0. The second-order valence-electron chi connectivity index (χ2n) is 4.01. The summed E-state index contributed by atoms with van der Waals surface area (Å²) in [4.78, 5) is 14.1. The molecule has 0 amide bonds. The van der Waals surface area contributed by atoms with Gasteiger partial charge in [-0.25, -0.2) is 0 Å². The zero-order chi connectivity index (χ0) is 11.7. The van der Waals surface area contributed by atoms with Crippen molar-refractivity contribution < 1.29 is 0 Å². The molecule has 3 nitrogen and oxygen atoms in total. The molecule has 0 aliphatic heterocycles. The van der Waals surface area contributed by atoms with Crippen LogP contribution in [0.2, 0.25) is 0 Å². The molecular weight excluding hydrogens is 200 g/mol. The van der Waals surface area contributed by atoms with Gasteiger partial charge in [-0.2, -0.15) is 0 Å². The fourth-order valence-corrected chi connectivity index (χ4v) is 1.76. The average molecular weight is 214 g/mol. The molecule has 0 aliphatic rings. The zero-order valence-corrected chi connectivity index (χ0v) is 9.37. The van der Waals surface area contributed by atoms with Gasteiger partial charge in [0.25, 0.3) is 0 Å². The normalized spacial score (nSPS) is 10.4. The van der Waals surface area contributed by atoms with Gasteiger partial charge in [0.15, 0.2) is 0 Å². The van der Waals surface area contributed by atoms with Crippen molar-refractivity contribution in [3.63, 3.8) is 0 Å². The average Bonchev–Trinajstić information content (AvgIpc) is 2.20. The van der Waals surface area contributed by atoms with Gasteiger partial charge in [-0.3, -0.25) is 4.79 Å². The van der Waals surface area contributed by atoms with E-state index in [9.17, 15) is 4.79 Å². The van der Waals surface area contributed by atoms with Crippen LogP contribution in [0.3, 0.4) is 0 Å². The van der Waals surface area contributed by atoms with E-state index in [1.165, 1.54) is 0 Å². The fraction of sp³-hybridized carbons (Fsp3) is 0.154. The van der Waals surface area contributed by atoms with Crippen LogP contribution in [0.15, 0.2) is 35.1 Å². The maximum absolute atomic E-state index is 11.4. The number of aromatic nitrogens is 1. The van der Waals surface area contributed by atoms with Crippen LogP contribution < -0.4 is 11.3 Å². The number of aromatic amines is 1. The van der Waals surface area contributed by atoms with Crippen LogP contribution in [0.5, 0.6) is 0 Å². The predicted octanol–water partition coefficient (Wildman–Crippen LogP) is 2.24. The van der Waals surface area contributed by atoms with Crippen LogP contribution in [0.4, 0.5) is 5.69 Å². The molecule has 1 heterocycles. The highest BCUT2D eigenvalue weighted by Crippen LogP contribution is 2.25. The Balaban J connectivity index is 2.66. The standard InChI is InChI=1S/C13H14N2O/c1-8-3-4-12(14)11(5-8)10-6-9(2)15-13(16)7-10/h3-7H,14H2,1-2H3,(H,15,16). The largest absolute Gasteiger partial charge is 0.398 e. The Kier molecular flexibility index (Phi) is 2.52. The third-order valence-electron chi connectivity index (χ3n) is 2.50. The molecule has 2 rings (SSSR count). The SMILES string of the molecule is Cc1ccc(N)c(-c2cc(C)[nH]c(=O)c2)c1. The topological polar surface area (TPSA) is 58.9 Å². The summed E-state index contributed by atoms with van der Waals surface area (Å²) in [6.45, 7) is 3.86. The van der Waals surface area contributed by atoms with Crippen molar-refractivity contribution in [1.82, 2.24) is 4.98 Å². The van der Waals surface area contributed by atoms with Gasteiger partial charge >= 0.3 is 0 Å². The second-order valence-corrected chi connectivity index (χ2v) is 4.01. The van der Waals surface area contributed by atoms with Crippen LogP contribution in [-0.4, -0.2) is 4.98 Å². The number of rotatable bonds is 1. The van der Waals surface area contributed by atoms with Gasteiger partial charge in [0.05, 0.1) is 0 Å². The van der Waals surface area contributed by atoms with E-state index in [0.29, 0.717) is 5.69 Å². The molecule has 2 aromatic rings. The predicted molar refractivity (Wildman–Crippen MR) is 66.4 cm³/mol. The Bertz CT molecular complexity index is 585. The maximum Gasteiger partial charge on any atom is 0.248 e. The van der Waals surface area contributed by atoms with E-state index in [-0.39, 0.29) is 5.56 Å². The first-order valence-electron chi connectivity index (χ1n) is 5.14. The summed E-state index contributed by atoms with van der Waals surface area (Å²) in [7, 11) is 0. The molecule has 82 valence electrons. The van der Waals surface area contributed by atoms with Crippen LogP contribution in [-0.2, 0) is 0 Å². The van der Waals surface area contributed by atoms with Crippen LogP contribution >= 0.6 is 0 Å². The molecular formula is C13H14N2O. The van der Waals surface area contributed by atoms with Crippen molar-refractivity contribution in [2.45, 2.75) is 13.8 Å². The lowest BCUT2D eigenvalue weighted by molar-refractivity contribution is 1.14. The van der Waals surface area contributed by atoms with Gasteiger partial charge in [0.1, 0.15) is 0 Å². The lowest BCUT2D eigenvalue weighted by Gasteiger charge is -2.07. The van der Waals surface area contributed by atoms with Crippen molar-refractivity contribution in [2.75, 3.05) is 5.73 Å². The highest BCUT2D eigenvalue weighted by molar-refractivity contribution is 5.76. The van der Waals surface area contributed by atoms with Gasteiger partial charge in [-0.1, -0.05) is 11.6 Å². The van der Waals surface area contributed by atoms with Gasteiger partial charge < -0.3 is 10.7 Å². The zero-order valence-electron chi connectivity index (χ0n) is 9.37. The molecule has 0 fully saturated rings. The number of hydrogen-bond acceptors (Lipinski definition) is 2. The summed E-state index contributed by atoms with van der Waals surface area (Å²) >= 11 is 0. The number of nitrogens with one attached hydrogen (secondary N) is 1. The van der Waals surface area contributed by atoms with Crippen LogP contribution in [0.1, 0.15) is 11.3 Å². The Morgan fingerprint density at radius 2 is 1.88 bits per heavy atom. The van der Waals surface area contributed by atoms with Crippen LogP contribution in [0.25, 0.3) is 11.1 Å². The molecule has 0 spiro atoms. The van der Waals surface area contributed by atoms with E-state index in [1.807, 2.05) is 38.1 Å². The van der Waals surface area contributed by atoms with Crippen molar-refractivity contribution >= 4 is 5.69 Å². The monoisotopic (exact) mass is 214 g/mol. The number of pyridine rings is 1. The summed E-state index contributed by atoms with van der Waals surface area (Å²) < 4.78 is 0. The number of nitrogens with two attached hydrogens (primary N) is 1. The van der Waals surface area contributed by atoms with Gasteiger partial charge in [-0.05, 0) is 37.6 Å². The first-order valence-corrected chi connectivity index (χ1v) is 5.14. The molecule has 0 unspecified atom stereocenters. The number of benzene rings is 1. The minimum atomic E-state index is -0.101. The van der Waals surface area contributed by atoms with Crippen molar-refractivity contribution in [3.8, 4) is 11.1 Å². The van der Waals surface area contributed by atoms with Crippen LogP contribution in [0, 0.1) is 13.8 Å². The van der Waals surface area contributed by atoms with Crippen molar-refractivity contribution in [3.05, 3.63) is 51.9 Å². The smallest absolute Gasteiger partial charge is 0.248 e. The summed E-state index contributed by atoms with van der Waals surface area (Å²) in [6, 6.07) is 9.30. The number of H-pyrrole nitrogens is 1. The molecule has 3 heteroatoms. The van der Waals surface area contributed by atoms with Crippen molar-refractivity contribution in [2.24, 2.45) is 0 Å². The second kappa shape index (κ2) is 3.85. The summed E-state index contributed by atoms with van der Waals surface area (Å²) in [5.74, 6) is 0.